The summed E-state index contributed by atoms with van der Waals surface area (Å²) in [6.07, 6.45) is 59.5. The van der Waals surface area contributed by atoms with E-state index >= 15 is 0 Å². The monoisotopic (exact) mass is 1410 g/mol. The minimum atomic E-state index is -4.96. The molecular weight excluding hydrogens is 1260 g/mol. The average Bonchev–Trinajstić information content (AvgIpc) is 1.32. The number of phosphoric ester groups is 2. The Morgan fingerprint density at radius 1 is 0.292 bits per heavy atom. The van der Waals surface area contributed by atoms with Crippen LogP contribution < -0.4 is 0 Å². The van der Waals surface area contributed by atoms with E-state index in [1.165, 1.54) is 231 Å². The maximum absolute atomic E-state index is 13.1. The topological polar surface area (TPSA) is 237 Å². The fraction of sp³-hybridized carbons (Fsp3) is 0.948. The third-order valence-electron chi connectivity index (χ3n) is 18.4. The Hall–Kier alpha value is -1.94. The molecule has 0 aliphatic heterocycles. The molecule has 17 nitrogen and oxygen atoms in total. The van der Waals surface area contributed by atoms with Gasteiger partial charge in [-0.05, 0) is 31.6 Å². The van der Waals surface area contributed by atoms with Crippen LogP contribution in [0.2, 0.25) is 0 Å². The molecule has 0 aromatic carbocycles. The highest BCUT2D eigenvalue weighted by molar-refractivity contribution is 7.47. The summed E-state index contributed by atoms with van der Waals surface area (Å²) >= 11 is 0. The van der Waals surface area contributed by atoms with E-state index in [0.29, 0.717) is 25.7 Å². The number of carbonyl (C=O) groups is 4. The number of phosphoric acid groups is 2. The fourth-order valence-electron chi connectivity index (χ4n) is 11.8. The van der Waals surface area contributed by atoms with Crippen LogP contribution in [0.1, 0.15) is 407 Å². The van der Waals surface area contributed by atoms with Crippen LogP contribution in [0.5, 0.6) is 0 Å². The number of aliphatic hydroxyl groups excluding tert-OH is 1. The molecule has 0 radical (unpaired) electrons. The van der Waals surface area contributed by atoms with Crippen molar-refractivity contribution in [1.82, 2.24) is 0 Å². The van der Waals surface area contributed by atoms with Gasteiger partial charge in [0.15, 0.2) is 12.2 Å². The molecule has 3 unspecified atom stereocenters. The summed E-state index contributed by atoms with van der Waals surface area (Å²) in [5, 5.41) is 10.6. The number of unbranched alkanes of at least 4 members (excludes halogenated alkanes) is 48. The van der Waals surface area contributed by atoms with Crippen LogP contribution in [0.15, 0.2) is 0 Å². The molecule has 0 amide bonds. The summed E-state index contributed by atoms with van der Waals surface area (Å²) in [5.41, 5.74) is 0. The molecule has 0 aromatic rings. The number of carbonyl (C=O) groups excluding carboxylic acids is 4. The Morgan fingerprint density at radius 2 is 0.500 bits per heavy atom. The molecule has 0 aromatic heterocycles. The van der Waals surface area contributed by atoms with Gasteiger partial charge in [-0.25, -0.2) is 9.13 Å². The van der Waals surface area contributed by atoms with Gasteiger partial charge in [-0.2, -0.15) is 0 Å². The second-order valence-corrected chi connectivity index (χ2v) is 30.9. The van der Waals surface area contributed by atoms with Gasteiger partial charge in [0, 0.05) is 25.7 Å². The molecule has 0 fully saturated rings. The molecule has 0 saturated heterocycles. The van der Waals surface area contributed by atoms with E-state index < -0.39 is 97.5 Å². The van der Waals surface area contributed by atoms with Crippen LogP contribution in [-0.4, -0.2) is 96.7 Å². The highest BCUT2D eigenvalue weighted by atomic mass is 31.2. The SMILES string of the molecule is CCCCCCCCCCCCCCCCCCCCCC(=O)O[C@H](COC(=O)CCCCCCCCCCCCCCCC)COP(=O)(O)OC[C@@H](O)COP(=O)(O)OC[C@@H](COC(=O)CCCCCCCCCCCCC)OC(=O)CCCCCCCCCCC(C)CC. The quantitative estimate of drug-likeness (QED) is 0.0222. The molecule has 19 heteroatoms. The number of rotatable bonds is 77. The highest BCUT2D eigenvalue weighted by Crippen LogP contribution is 2.45. The predicted octanol–water partition coefficient (Wildman–Crippen LogP) is 22.9. The van der Waals surface area contributed by atoms with E-state index in [9.17, 15) is 43.2 Å². The first-order valence-electron chi connectivity index (χ1n) is 40.2. The smallest absolute Gasteiger partial charge is 0.462 e. The largest absolute Gasteiger partial charge is 0.472 e. The Morgan fingerprint density at radius 3 is 0.740 bits per heavy atom. The van der Waals surface area contributed by atoms with Gasteiger partial charge in [-0.3, -0.25) is 37.3 Å². The lowest BCUT2D eigenvalue weighted by molar-refractivity contribution is -0.161. The van der Waals surface area contributed by atoms with E-state index in [4.69, 9.17) is 37.0 Å². The summed E-state index contributed by atoms with van der Waals surface area (Å²) in [6.45, 7) is 7.30. The molecule has 0 rings (SSSR count). The second kappa shape index (κ2) is 70.1. The molecule has 0 saturated carbocycles. The van der Waals surface area contributed by atoms with Crippen molar-refractivity contribution < 1.29 is 80.2 Å². The first kappa shape index (κ1) is 94.1. The van der Waals surface area contributed by atoms with E-state index in [1.807, 2.05) is 0 Å². The molecule has 570 valence electrons. The standard InChI is InChI=1S/C77H150O17P2/c1-6-10-13-16-19-22-25-27-29-30-31-32-33-35-38-41-47-52-57-62-76(81)93-72(66-88-75(80)61-56-51-46-40-37-34-28-26-23-20-17-14-11-7-2)68-91-95(83,84)89-64-71(78)65-90-96(85,86)92-69-73(67-87-74(79)60-55-50-45-39-36-24-21-18-15-12-8-3)94-77(82)63-58-53-48-43-42-44-49-54-59-70(5)9-4/h70-73,78H,6-69H2,1-5H3,(H,83,84)(H,85,86)/t70?,71-,72-,73-/m1/s1. The Balaban J connectivity index is 5.24. The summed E-state index contributed by atoms with van der Waals surface area (Å²) < 4.78 is 68.6. The number of esters is 4. The van der Waals surface area contributed by atoms with Crippen molar-refractivity contribution in [1.29, 1.82) is 0 Å². The van der Waals surface area contributed by atoms with Crippen molar-refractivity contribution in [3.8, 4) is 0 Å². The number of hydrogen-bond donors (Lipinski definition) is 3. The molecule has 0 aliphatic rings. The lowest BCUT2D eigenvalue weighted by atomic mass is 9.99. The van der Waals surface area contributed by atoms with Gasteiger partial charge in [-0.1, -0.05) is 356 Å². The Bertz CT molecular complexity index is 1840. The predicted molar refractivity (Wildman–Crippen MR) is 391 cm³/mol. The number of ether oxygens (including phenoxy) is 4. The van der Waals surface area contributed by atoms with Crippen molar-refractivity contribution in [2.24, 2.45) is 5.92 Å². The molecular formula is C77H150O17P2. The minimum Gasteiger partial charge on any atom is -0.462 e. The normalized spacial score (nSPS) is 14.2. The van der Waals surface area contributed by atoms with Gasteiger partial charge >= 0.3 is 39.5 Å². The fourth-order valence-corrected chi connectivity index (χ4v) is 13.4. The molecule has 6 atom stereocenters. The minimum absolute atomic E-state index is 0.106. The van der Waals surface area contributed by atoms with Crippen molar-refractivity contribution in [3.05, 3.63) is 0 Å². The van der Waals surface area contributed by atoms with Gasteiger partial charge < -0.3 is 33.8 Å². The van der Waals surface area contributed by atoms with Gasteiger partial charge in [0.2, 0.25) is 0 Å². The molecule has 0 aliphatic carbocycles. The van der Waals surface area contributed by atoms with Crippen molar-refractivity contribution >= 4 is 39.5 Å². The van der Waals surface area contributed by atoms with Gasteiger partial charge in [0.25, 0.3) is 0 Å². The van der Waals surface area contributed by atoms with Crippen LogP contribution in [0.3, 0.4) is 0 Å². The third kappa shape index (κ3) is 69.2. The zero-order valence-corrected chi connectivity index (χ0v) is 64.3. The summed E-state index contributed by atoms with van der Waals surface area (Å²) in [4.78, 5) is 72.9. The second-order valence-electron chi connectivity index (χ2n) is 28.0. The van der Waals surface area contributed by atoms with Crippen molar-refractivity contribution in [2.75, 3.05) is 39.6 Å². The number of hydrogen-bond acceptors (Lipinski definition) is 15. The summed E-state index contributed by atoms with van der Waals surface area (Å²) in [6, 6.07) is 0. The lowest BCUT2D eigenvalue weighted by Crippen LogP contribution is -2.30. The Labute approximate surface area is 588 Å². The highest BCUT2D eigenvalue weighted by Gasteiger charge is 2.30. The lowest BCUT2D eigenvalue weighted by Gasteiger charge is -2.21. The molecule has 0 spiro atoms. The number of aliphatic hydroxyl groups is 1. The Kier molecular flexibility index (Phi) is 68.7. The van der Waals surface area contributed by atoms with E-state index in [-0.39, 0.29) is 25.7 Å². The van der Waals surface area contributed by atoms with Gasteiger partial charge in [0.1, 0.15) is 19.3 Å². The first-order valence-corrected chi connectivity index (χ1v) is 43.2. The summed E-state index contributed by atoms with van der Waals surface area (Å²) in [7, 11) is -9.91. The van der Waals surface area contributed by atoms with Crippen LogP contribution in [0, 0.1) is 5.92 Å². The van der Waals surface area contributed by atoms with Crippen LogP contribution in [-0.2, 0) is 65.4 Å². The van der Waals surface area contributed by atoms with Crippen molar-refractivity contribution in [3.63, 3.8) is 0 Å². The van der Waals surface area contributed by atoms with E-state index in [0.717, 1.165) is 95.8 Å². The van der Waals surface area contributed by atoms with Crippen LogP contribution in [0.25, 0.3) is 0 Å². The van der Waals surface area contributed by atoms with Crippen LogP contribution in [0.4, 0.5) is 0 Å². The maximum atomic E-state index is 13.1. The summed E-state index contributed by atoms with van der Waals surface area (Å²) in [5.74, 6) is -1.34. The molecule has 3 N–H and O–H groups in total. The first-order chi connectivity index (χ1) is 46.6. The molecule has 96 heavy (non-hydrogen) atoms. The van der Waals surface area contributed by atoms with Gasteiger partial charge in [-0.15, -0.1) is 0 Å². The molecule has 0 heterocycles. The third-order valence-corrected chi connectivity index (χ3v) is 20.3. The average molecular weight is 1410 g/mol. The van der Waals surface area contributed by atoms with E-state index in [2.05, 4.69) is 34.6 Å². The zero-order valence-electron chi connectivity index (χ0n) is 62.5. The van der Waals surface area contributed by atoms with Crippen LogP contribution >= 0.6 is 15.6 Å². The molecule has 0 bridgehead atoms. The maximum Gasteiger partial charge on any atom is 0.472 e. The van der Waals surface area contributed by atoms with Gasteiger partial charge in [0.05, 0.1) is 26.4 Å². The van der Waals surface area contributed by atoms with Crippen molar-refractivity contribution in [2.45, 2.75) is 425 Å². The van der Waals surface area contributed by atoms with E-state index in [1.54, 1.807) is 0 Å². The zero-order chi connectivity index (χ0) is 70.5.